The van der Waals surface area contributed by atoms with Crippen LogP contribution in [0, 0.1) is 0 Å². The second-order valence-electron chi connectivity index (χ2n) is 9.30. The second-order valence-corrected chi connectivity index (χ2v) is 9.30. The summed E-state index contributed by atoms with van der Waals surface area (Å²) in [5.74, 6) is -0.455. The third-order valence-electron chi connectivity index (χ3n) is 6.63. The van der Waals surface area contributed by atoms with Gasteiger partial charge in [0.1, 0.15) is 6.10 Å². The summed E-state index contributed by atoms with van der Waals surface area (Å²) in [6.45, 7) is 2.95. The van der Waals surface area contributed by atoms with Crippen LogP contribution < -0.4 is 5.32 Å². The van der Waals surface area contributed by atoms with Crippen LogP contribution in [0.25, 0.3) is 0 Å². The lowest BCUT2D eigenvalue weighted by molar-refractivity contribution is -0.122. The summed E-state index contributed by atoms with van der Waals surface area (Å²) in [7, 11) is 0. The maximum absolute atomic E-state index is 12.9. The van der Waals surface area contributed by atoms with Crippen molar-refractivity contribution in [2.24, 2.45) is 0 Å². The van der Waals surface area contributed by atoms with Crippen molar-refractivity contribution in [3.8, 4) is 0 Å². The van der Waals surface area contributed by atoms with Gasteiger partial charge in [-0.3, -0.25) is 9.69 Å². The molecule has 1 N–H and O–H groups in total. The van der Waals surface area contributed by atoms with E-state index in [-0.39, 0.29) is 30.1 Å². The first-order chi connectivity index (χ1) is 17.1. The number of aryl methyl sites for hydroxylation is 1. The first kappa shape index (κ1) is 24.7. The van der Waals surface area contributed by atoms with E-state index in [1.807, 2.05) is 30.3 Å². The number of nitrogens with one attached hydrogen (secondary N) is 1. The van der Waals surface area contributed by atoms with Gasteiger partial charge in [0.25, 0.3) is 0 Å². The average molecular weight is 471 g/mol. The van der Waals surface area contributed by atoms with E-state index in [2.05, 4.69) is 58.7 Å². The van der Waals surface area contributed by atoms with Gasteiger partial charge in [0.2, 0.25) is 5.91 Å². The Hall–Kier alpha value is -3.44. The summed E-state index contributed by atoms with van der Waals surface area (Å²) in [6, 6.07) is 30.0. The molecule has 5 nitrogen and oxygen atoms in total. The Morgan fingerprint density at radius 1 is 0.886 bits per heavy atom. The van der Waals surface area contributed by atoms with E-state index in [0.29, 0.717) is 18.5 Å². The molecule has 0 saturated carbocycles. The van der Waals surface area contributed by atoms with Crippen molar-refractivity contribution >= 4 is 11.9 Å². The average Bonchev–Trinajstić information content (AvgIpc) is 2.87. The van der Waals surface area contributed by atoms with Crippen LogP contribution in [0.5, 0.6) is 0 Å². The summed E-state index contributed by atoms with van der Waals surface area (Å²) in [5, 5.41) is 3.05. The number of rotatable bonds is 9. The molecule has 3 atom stereocenters. The molecule has 1 heterocycles. The molecule has 1 fully saturated rings. The maximum Gasteiger partial charge on any atom is 0.338 e. The third-order valence-corrected chi connectivity index (χ3v) is 6.63. The number of esters is 1. The molecule has 182 valence electrons. The highest BCUT2D eigenvalue weighted by Crippen LogP contribution is 2.27. The zero-order valence-corrected chi connectivity index (χ0v) is 20.3. The quantitative estimate of drug-likeness (QED) is 0.447. The minimum atomic E-state index is -0.375. The van der Waals surface area contributed by atoms with Crippen LogP contribution in [0.3, 0.4) is 0 Å². The molecule has 3 aromatic carbocycles. The van der Waals surface area contributed by atoms with Gasteiger partial charge in [-0.05, 0) is 42.5 Å². The Kier molecular flexibility index (Phi) is 8.68. The van der Waals surface area contributed by atoms with Crippen molar-refractivity contribution in [3.05, 3.63) is 108 Å². The van der Waals surface area contributed by atoms with E-state index in [0.717, 1.165) is 25.8 Å². The van der Waals surface area contributed by atoms with Gasteiger partial charge in [-0.2, -0.15) is 0 Å². The van der Waals surface area contributed by atoms with Gasteiger partial charge in [0, 0.05) is 32.5 Å². The second kappa shape index (κ2) is 12.3. The molecule has 0 bridgehead atoms. The fourth-order valence-corrected chi connectivity index (χ4v) is 4.91. The molecule has 3 aromatic rings. The number of piperidine rings is 1. The first-order valence-electron chi connectivity index (χ1n) is 12.4. The number of benzene rings is 3. The van der Waals surface area contributed by atoms with E-state index < -0.39 is 0 Å². The highest BCUT2D eigenvalue weighted by Gasteiger charge is 2.38. The van der Waals surface area contributed by atoms with Gasteiger partial charge >= 0.3 is 5.97 Å². The lowest BCUT2D eigenvalue weighted by Gasteiger charge is -2.44. The highest BCUT2D eigenvalue weighted by atomic mass is 16.5. The van der Waals surface area contributed by atoms with Crippen LogP contribution in [0.15, 0.2) is 91.0 Å². The molecule has 4 rings (SSSR count). The zero-order valence-electron chi connectivity index (χ0n) is 20.3. The van der Waals surface area contributed by atoms with Crippen LogP contribution in [-0.4, -0.2) is 41.5 Å². The number of carbonyl (C=O) groups is 2. The summed E-state index contributed by atoms with van der Waals surface area (Å²) >= 11 is 0. The van der Waals surface area contributed by atoms with Crippen molar-refractivity contribution in [2.75, 3.05) is 6.54 Å². The predicted molar refractivity (Wildman–Crippen MR) is 138 cm³/mol. The summed E-state index contributed by atoms with van der Waals surface area (Å²) in [6.07, 6.45) is 3.36. The van der Waals surface area contributed by atoms with Crippen LogP contribution in [0.4, 0.5) is 0 Å². The Balaban J connectivity index is 1.50. The van der Waals surface area contributed by atoms with E-state index in [9.17, 15) is 9.59 Å². The van der Waals surface area contributed by atoms with Crippen LogP contribution >= 0.6 is 0 Å². The summed E-state index contributed by atoms with van der Waals surface area (Å²) in [5.41, 5.74) is 3.10. The van der Waals surface area contributed by atoms with Crippen LogP contribution in [-0.2, 0) is 22.5 Å². The Morgan fingerprint density at radius 2 is 1.49 bits per heavy atom. The van der Waals surface area contributed by atoms with Crippen molar-refractivity contribution in [3.63, 3.8) is 0 Å². The molecule has 1 aliphatic heterocycles. The van der Waals surface area contributed by atoms with Gasteiger partial charge in [-0.15, -0.1) is 0 Å². The lowest BCUT2D eigenvalue weighted by Crippen LogP contribution is -2.59. The number of carbonyl (C=O) groups excluding carboxylic acids is 2. The van der Waals surface area contributed by atoms with Crippen molar-refractivity contribution in [2.45, 2.75) is 57.3 Å². The minimum absolute atomic E-state index is 0.113. The molecule has 35 heavy (non-hydrogen) atoms. The number of likely N-dealkylation sites (tertiary alicyclic amines) is 1. The number of nitrogens with zero attached hydrogens (tertiary/aromatic N) is 1. The normalized spacial score (nSPS) is 20.2. The molecule has 0 unspecified atom stereocenters. The van der Waals surface area contributed by atoms with E-state index in [1.54, 1.807) is 12.1 Å². The Morgan fingerprint density at radius 3 is 2.11 bits per heavy atom. The van der Waals surface area contributed by atoms with Crippen molar-refractivity contribution in [1.29, 1.82) is 0 Å². The van der Waals surface area contributed by atoms with E-state index >= 15 is 0 Å². The van der Waals surface area contributed by atoms with Gasteiger partial charge in [-0.1, -0.05) is 78.9 Å². The van der Waals surface area contributed by atoms with Gasteiger partial charge in [0.15, 0.2) is 0 Å². The number of hydrogen-bond donors (Lipinski definition) is 1. The minimum Gasteiger partial charge on any atom is -0.456 e. The summed E-state index contributed by atoms with van der Waals surface area (Å²) < 4.78 is 6.00. The standard InChI is InChI=1S/C30H34N2O3/c1-23(33)31-28-22-32(21-25-14-7-3-8-15-25)27(19-11-16-24-12-5-2-6-13-24)20-29(28)35-30(34)26-17-9-4-10-18-26/h2-10,12-15,17-18,27-29H,11,16,19-22H2,1H3,(H,31,33)/t27-,28+,29+/m1/s1. The van der Waals surface area contributed by atoms with Crippen molar-refractivity contribution < 1.29 is 14.3 Å². The fraction of sp³-hybridized carbons (Fsp3) is 0.333. The molecular weight excluding hydrogens is 436 g/mol. The number of hydrogen-bond acceptors (Lipinski definition) is 4. The molecule has 0 aliphatic carbocycles. The Labute approximate surface area is 208 Å². The Bertz CT molecular complexity index is 1070. The van der Waals surface area contributed by atoms with E-state index in [1.165, 1.54) is 18.1 Å². The zero-order chi connectivity index (χ0) is 24.5. The van der Waals surface area contributed by atoms with Gasteiger partial charge < -0.3 is 10.1 Å². The van der Waals surface area contributed by atoms with Crippen LogP contribution in [0.1, 0.15) is 47.7 Å². The molecule has 5 heteroatoms. The molecule has 0 spiro atoms. The molecule has 1 amide bonds. The molecule has 1 saturated heterocycles. The third kappa shape index (κ3) is 7.27. The largest absolute Gasteiger partial charge is 0.456 e. The van der Waals surface area contributed by atoms with Crippen LogP contribution in [0.2, 0.25) is 0 Å². The summed E-state index contributed by atoms with van der Waals surface area (Å²) in [4.78, 5) is 27.3. The monoisotopic (exact) mass is 470 g/mol. The van der Waals surface area contributed by atoms with Gasteiger partial charge in [-0.25, -0.2) is 4.79 Å². The molecular formula is C30H34N2O3. The SMILES string of the molecule is CC(=O)N[C@H]1CN(Cc2ccccc2)[C@H](CCCc2ccccc2)C[C@@H]1OC(=O)c1ccccc1. The van der Waals surface area contributed by atoms with E-state index in [4.69, 9.17) is 4.74 Å². The maximum atomic E-state index is 12.9. The highest BCUT2D eigenvalue weighted by molar-refractivity contribution is 5.89. The number of ether oxygens (including phenoxy) is 1. The molecule has 0 aromatic heterocycles. The van der Waals surface area contributed by atoms with Gasteiger partial charge in [0.05, 0.1) is 11.6 Å². The first-order valence-corrected chi connectivity index (χ1v) is 12.4. The smallest absolute Gasteiger partial charge is 0.338 e. The topological polar surface area (TPSA) is 58.6 Å². The molecule has 0 radical (unpaired) electrons. The molecule has 1 aliphatic rings. The van der Waals surface area contributed by atoms with Crippen molar-refractivity contribution in [1.82, 2.24) is 10.2 Å². The fourth-order valence-electron chi connectivity index (χ4n) is 4.91. The predicted octanol–water partition coefficient (Wildman–Crippen LogP) is 5.01. The number of amides is 1. The lowest BCUT2D eigenvalue weighted by atomic mass is 9.90.